The number of halogens is 1. The molecular weight excluding hydrogens is 533 g/mol. The fourth-order valence-electron chi connectivity index (χ4n) is 4.21. The molecule has 0 aliphatic rings. The van der Waals surface area contributed by atoms with Crippen LogP contribution in [0.4, 0.5) is 10.1 Å². The monoisotopic (exact) mass is 569 g/mol. The van der Waals surface area contributed by atoms with Crippen LogP contribution in [-0.4, -0.2) is 57.1 Å². The number of hydrogen-bond donors (Lipinski definition) is 1. The number of nitrogens with zero attached hydrogens (tertiary/aromatic N) is 2. The van der Waals surface area contributed by atoms with Crippen LogP contribution in [0.15, 0.2) is 78.9 Å². The van der Waals surface area contributed by atoms with Crippen LogP contribution in [0.5, 0.6) is 5.75 Å². The molecule has 3 aromatic carbocycles. The number of anilines is 1. The van der Waals surface area contributed by atoms with E-state index in [4.69, 9.17) is 4.74 Å². The third-order valence-corrected chi connectivity index (χ3v) is 7.70. The van der Waals surface area contributed by atoms with Crippen LogP contribution in [0.25, 0.3) is 0 Å². The van der Waals surface area contributed by atoms with Crippen molar-refractivity contribution in [3.8, 4) is 5.75 Å². The largest absolute Gasteiger partial charge is 0.495 e. The molecule has 1 N–H and O–H groups in total. The van der Waals surface area contributed by atoms with Crippen molar-refractivity contribution >= 4 is 27.5 Å². The number of ether oxygens (including phenoxy) is 1. The second-order valence-corrected chi connectivity index (χ2v) is 11.5. The topological polar surface area (TPSA) is 96.0 Å². The summed E-state index contributed by atoms with van der Waals surface area (Å²) in [6.45, 7) is 3.21. The first-order chi connectivity index (χ1) is 19.0. The Kier molecular flexibility index (Phi) is 10.7. The smallest absolute Gasteiger partial charge is 0.244 e. The van der Waals surface area contributed by atoms with Gasteiger partial charge in [-0.25, -0.2) is 12.8 Å². The maximum absolute atomic E-state index is 14.1. The third-order valence-electron chi connectivity index (χ3n) is 6.57. The lowest BCUT2D eigenvalue weighted by atomic mass is 10.0. The molecule has 0 heterocycles. The third kappa shape index (κ3) is 8.29. The summed E-state index contributed by atoms with van der Waals surface area (Å²) in [7, 11) is -2.52. The highest BCUT2D eigenvalue weighted by molar-refractivity contribution is 7.92. The van der Waals surface area contributed by atoms with E-state index in [0.29, 0.717) is 12.0 Å². The second-order valence-electron chi connectivity index (χ2n) is 9.61. The van der Waals surface area contributed by atoms with Gasteiger partial charge in [-0.05, 0) is 48.7 Å². The summed E-state index contributed by atoms with van der Waals surface area (Å²) in [6.07, 6.45) is 1.89. The lowest BCUT2D eigenvalue weighted by Gasteiger charge is -2.34. The molecule has 0 aliphatic heterocycles. The minimum Gasteiger partial charge on any atom is -0.495 e. The number of carbonyl (C=O) groups is 2. The molecule has 0 bridgehead atoms. The fourth-order valence-corrected chi connectivity index (χ4v) is 5.07. The summed E-state index contributed by atoms with van der Waals surface area (Å²) >= 11 is 0. The van der Waals surface area contributed by atoms with Crippen LogP contribution in [0.2, 0.25) is 0 Å². The minimum absolute atomic E-state index is 0.0337. The van der Waals surface area contributed by atoms with Gasteiger partial charge in [0.2, 0.25) is 21.8 Å². The van der Waals surface area contributed by atoms with Gasteiger partial charge < -0.3 is 15.0 Å². The van der Waals surface area contributed by atoms with Gasteiger partial charge >= 0.3 is 0 Å². The Hall–Kier alpha value is -3.92. The van der Waals surface area contributed by atoms with Crippen molar-refractivity contribution in [2.75, 3.05) is 24.2 Å². The highest BCUT2D eigenvalue weighted by Crippen LogP contribution is 2.30. The van der Waals surface area contributed by atoms with E-state index in [9.17, 15) is 22.4 Å². The van der Waals surface area contributed by atoms with E-state index >= 15 is 0 Å². The van der Waals surface area contributed by atoms with Crippen molar-refractivity contribution in [2.24, 2.45) is 0 Å². The zero-order valence-corrected chi connectivity index (χ0v) is 24.0. The number of methoxy groups -OCH3 is 1. The number of amides is 2. The summed E-state index contributed by atoms with van der Waals surface area (Å²) in [6, 6.07) is 20.3. The molecule has 0 fully saturated rings. The molecule has 0 unspecified atom stereocenters. The molecule has 3 aromatic rings. The quantitative estimate of drug-likeness (QED) is 0.334. The van der Waals surface area contributed by atoms with Crippen molar-refractivity contribution in [2.45, 2.75) is 45.3 Å². The summed E-state index contributed by atoms with van der Waals surface area (Å²) < 4.78 is 45.8. The molecule has 8 nitrogen and oxygen atoms in total. The van der Waals surface area contributed by atoms with Gasteiger partial charge in [-0.15, -0.1) is 0 Å². The highest BCUT2D eigenvalue weighted by atomic mass is 32.2. The van der Waals surface area contributed by atoms with E-state index in [1.807, 2.05) is 44.2 Å². The molecule has 2 amide bonds. The van der Waals surface area contributed by atoms with E-state index in [1.54, 1.807) is 24.3 Å². The van der Waals surface area contributed by atoms with Crippen LogP contribution >= 0.6 is 0 Å². The first-order valence-corrected chi connectivity index (χ1v) is 14.9. The lowest BCUT2D eigenvalue weighted by molar-refractivity contribution is -0.140. The number of rotatable bonds is 13. The summed E-state index contributed by atoms with van der Waals surface area (Å²) in [5.74, 6) is -1.12. The van der Waals surface area contributed by atoms with Crippen molar-refractivity contribution in [3.05, 3.63) is 95.8 Å². The Bertz CT molecular complexity index is 1380. The van der Waals surface area contributed by atoms with Gasteiger partial charge in [0.25, 0.3) is 0 Å². The Morgan fingerprint density at radius 1 is 0.950 bits per heavy atom. The van der Waals surface area contributed by atoms with Crippen LogP contribution in [0.1, 0.15) is 31.4 Å². The normalized spacial score (nSPS) is 12.7. The number of carbonyl (C=O) groups excluding carboxylic acids is 2. The second kappa shape index (κ2) is 13.9. The number of para-hydroxylation sites is 2. The maximum atomic E-state index is 14.1. The first-order valence-electron chi connectivity index (χ1n) is 13.0. The first kappa shape index (κ1) is 30.6. The molecule has 0 saturated heterocycles. The predicted molar refractivity (Wildman–Crippen MR) is 154 cm³/mol. The molecule has 214 valence electrons. The van der Waals surface area contributed by atoms with E-state index in [-0.39, 0.29) is 36.4 Å². The Labute approximate surface area is 235 Å². The van der Waals surface area contributed by atoms with E-state index in [0.717, 1.165) is 16.1 Å². The standard InChI is InChI=1S/C30H36FN3O5S/c1-5-22(2)32-30(36)27(19-23-11-7-6-8-12-23)33(20-24-15-17-25(31)18-16-24)29(35)21-34(40(4,37)38)26-13-9-10-14-28(26)39-3/h6-18,22,27H,5,19-21H2,1-4H3,(H,32,36)/t22-,27-/m0/s1. The maximum Gasteiger partial charge on any atom is 0.244 e. The average molecular weight is 570 g/mol. The molecule has 0 aliphatic carbocycles. The molecule has 0 saturated carbocycles. The van der Waals surface area contributed by atoms with Gasteiger partial charge in [0, 0.05) is 19.0 Å². The van der Waals surface area contributed by atoms with Gasteiger partial charge in [0.1, 0.15) is 24.2 Å². The summed E-state index contributed by atoms with van der Waals surface area (Å²) in [5, 5.41) is 2.97. The van der Waals surface area contributed by atoms with Crippen molar-refractivity contribution in [1.82, 2.24) is 10.2 Å². The Morgan fingerprint density at radius 3 is 2.17 bits per heavy atom. The van der Waals surface area contributed by atoms with E-state index in [1.165, 1.54) is 36.3 Å². The predicted octanol–water partition coefficient (Wildman–Crippen LogP) is 4.16. The number of sulfonamides is 1. The number of hydrogen-bond acceptors (Lipinski definition) is 5. The molecule has 0 radical (unpaired) electrons. The highest BCUT2D eigenvalue weighted by Gasteiger charge is 2.34. The lowest BCUT2D eigenvalue weighted by Crippen LogP contribution is -2.54. The molecular formula is C30H36FN3O5S. The van der Waals surface area contributed by atoms with Gasteiger partial charge in [0.15, 0.2) is 0 Å². The summed E-state index contributed by atoms with van der Waals surface area (Å²) in [4.78, 5) is 29.1. The molecule has 2 atom stereocenters. The van der Waals surface area contributed by atoms with Crippen LogP contribution in [0.3, 0.4) is 0 Å². The van der Waals surface area contributed by atoms with Gasteiger partial charge in [-0.2, -0.15) is 0 Å². The van der Waals surface area contributed by atoms with Gasteiger partial charge in [-0.1, -0.05) is 61.5 Å². The van der Waals surface area contributed by atoms with E-state index < -0.39 is 34.3 Å². The van der Waals surface area contributed by atoms with Crippen molar-refractivity contribution < 1.29 is 27.1 Å². The molecule has 3 rings (SSSR count). The summed E-state index contributed by atoms with van der Waals surface area (Å²) in [5.41, 5.74) is 1.62. The molecule has 10 heteroatoms. The van der Waals surface area contributed by atoms with Gasteiger partial charge in [-0.3, -0.25) is 13.9 Å². The SMILES string of the molecule is CC[C@H](C)NC(=O)[C@H](Cc1ccccc1)N(Cc1ccc(F)cc1)C(=O)CN(c1ccccc1OC)S(C)(=O)=O. The number of benzene rings is 3. The zero-order valence-electron chi connectivity index (χ0n) is 23.2. The Morgan fingerprint density at radius 2 is 1.57 bits per heavy atom. The Balaban J connectivity index is 2.07. The number of nitrogens with one attached hydrogen (secondary N) is 1. The van der Waals surface area contributed by atoms with E-state index in [2.05, 4.69) is 5.32 Å². The minimum atomic E-state index is -3.93. The fraction of sp³-hybridized carbons (Fsp3) is 0.333. The van der Waals surface area contributed by atoms with Crippen LogP contribution < -0.4 is 14.4 Å². The van der Waals surface area contributed by atoms with Crippen LogP contribution in [0, 0.1) is 5.82 Å². The van der Waals surface area contributed by atoms with Crippen molar-refractivity contribution in [3.63, 3.8) is 0 Å². The molecule has 0 spiro atoms. The zero-order chi connectivity index (χ0) is 29.3. The van der Waals surface area contributed by atoms with Crippen molar-refractivity contribution in [1.29, 1.82) is 0 Å². The molecule has 0 aromatic heterocycles. The average Bonchev–Trinajstić information content (AvgIpc) is 2.94. The van der Waals surface area contributed by atoms with Crippen LogP contribution in [-0.2, 0) is 32.6 Å². The van der Waals surface area contributed by atoms with Gasteiger partial charge in [0.05, 0.1) is 19.1 Å². The molecule has 40 heavy (non-hydrogen) atoms.